The maximum atomic E-state index is 12.5. The van der Waals surface area contributed by atoms with Gasteiger partial charge >= 0.3 is 0 Å². The molecular weight excluding hydrogens is 432 g/mol. The van der Waals surface area contributed by atoms with E-state index in [9.17, 15) is 9.59 Å². The van der Waals surface area contributed by atoms with E-state index in [4.69, 9.17) is 4.99 Å². The quantitative estimate of drug-likeness (QED) is 0.331. The lowest BCUT2D eigenvalue weighted by Gasteiger charge is -2.35. The summed E-state index contributed by atoms with van der Waals surface area (Å²) in [4.78, 5) is 31.7. The molecule has 0 saturated heterocycles. The van der Waals surface area contributed by atoms with Crippen LogP contribution in [0.25, 0.3) is 0 Å². The molecule has 35 heavy (non-hydrogen) atoms. The van der Waals surface area contributed by atoms with E-state index in [1.54, 1.807) is 4.90 Å². The zero-order chi connectivity index (χ0) is 25.6. The number of fused-ring (bicyclic) bond motifs is 1. The molecule has 3 rings (SSSR count). The summed E-state index contributed by atoms with van der Waals surface area (Å²) < 4.78 is 0. The Morgan fingerprint density at radius 1 is 1.06 bits per heavy atom. The van der Waals surface area contributed by atoms with Gasteiger partial charge in [0.25, 0.3) is 0 Å². The summed E-state index contributed by atoms with van der Waals surface area (Å²) in [7, 11) is 3.66. The molecule has 1 fully saturated rings. The Balaban J connectivity index is 1.78. The second kappa shape index (κ2) is 12.3. The number of likely N-dealkylation sites (N-methyl/N-ethyl adjacent to an activating group) is 1. The number of rotatable bonds is 10. The van der Waals surface area contributed by atoms with Gasteiger partial charge < -0.3 is 4.90 Å². The van der Waals surface area contributed by atoms with E-state index in [0.29, 0.717) is 25.0 Å². The van der Waals surface area contributed by atoms with E-state index in [2.05, 4.69) is 39.8 Å². The van der Waals surface area contributed by atoms with Crippen LogP contribution in [-0.2, 0) is 28.9 Å². The number of carbonyl (C=O) groups excluding carboxylic acids is 2. The monoisotopic (exact) mass is 480 g/mol. The van der Waals surface area contributed by atoms with Gasteiger partial charge in [-0.15, -0.1) is 0 Å². The molecule has 1 aromatic rings. The van der Waals surface area contributed by atoms with Gasteiger partial charge in [0.05, 0.1) is 12.1 Å². The summed E-state index contributed by atoms with van der Waals surface area (Å²) in [6, 6.07) is 4.29. The van der Waals surface area contributed by atoms with Crippen LogP contribution in [0.2, 0.25) is 0 Å². The lowest BCUT2D eigenvalue weighted by atomic mass is 9.71. The number of ketones is 1. The molecule has 1 aliphatic carbocycles. The van der Waals surface area contributed by atoms with E-state index in [0.717, 1.165) is 56.0 Å². The van der Waals surface area contributed by atoms with Crippen molar-refractivity contribution in [3.63, 3.8) is 0 Å². The number of carbonyl (C=O) groups is 2. The minimum atomic E-state index is 0.0768. The molecule has 0 bridgehead atoms. The van der Waals surface area contributed by atoms with Crippen molar-refractivity contribution < 1.29 is 9.59 Å². The third-order valence-electron chi connectivity index (χ3n) is 7.95. The lowest BCUT2D eigenvalue weighted by Crippen LogP contribution is -2.26. The number of aliphatic imine (C=N–C) groups is 1. The minimum absolute atomic E-state index is 0.0768. The number of nitrogens with zero attached hydrogens (tertiary/aromatic N) is 2. The SMILES string of the molecule is CCc1c(CC(=O)N(C)C)ccc2c1CCC(C1CCC1)CC(CCCCC(=O)CC(C)(C)C)=N2. The first-order valence-electron chi connectivity index (χ1n) is 14.0. The number of unbranched alkanes of at least 4 members (excludes halogenated alkanes) is 1. The highest BCUT2D eigenvalue weighted by Crippen LogP contribution is 2.41. The van der Waals surface area contributed by atoms with E-state index in [-0.39, 0.29) is 11.3 Å². The first kappa shape index (κ1) is 27.6. The van der Waals surface area contributed by atoms with E-state index in [1.807, 2.05) is 14.1 Å². The standard InChI is InChI=1S/C31H48N2O2/c1-7-27-24(20-30(35)33(5)6)16-18-29-28(27)17-15-23(22-11-10-12-22)19-25(32-29)13-8-9-14-26(34)21-31(2,3)4/h16,18,22-23H,7-15,17,19-21H2,1-6H3. The van der Waals surface area contributed by atoms with E-state index >= 15 is 0 Å². The average molecular weight is 481 g/mol. The van der Waals surface area contributed by atoms with Gasteiger partial charge in [0, 0.05) is 32.6 Å². The molecule has 1 amide bonds. The fourth-order valence-corrected chi connectivity index (χ4v) is 5.79. The van der Waals surface area contributed by atoms with E-state index < -0.39 is 0 Å². The fraction of sp³-hybridized carbons (Fsp3) is 0.710. The van der Waals surface area contributed by atoms with Gasteiger partial charge in [0.2, 0.25) is 5.91 Å². The molecule has 0 aromatic heterocycles. The highest BCUT2D eigenvalue weighted by atomic mass is 16.2. The Labute approximate surface area is 214 Å². The highest BCUT2D eigenvalue weighted by Gasteiger charge is 2.30. The van der Waals surface area contributed by atoms with Crippen molar-refractivity contribution >= 4 is 23.1 Å². The average Bonchev–Trinajstić information content (AvgIpc) is 2.71. The Hall–Kier alpha value is -1.97. The molecule has 2 aliphatic rings. The molecule has 1 aliphatic heterocycles. The summed E-state index contributed by atoms with van der Waals surface area (Å²) in [6.07, 6.45) is 13.3. The molecule has 1 atom stereocenters. The summed E-state index contributed by atoms with van der Waals surface area (Å²) >= 11 is 0. The van der Waals surface area contributed by atoms with Crippen LogP contribution in [0.15, 0.2) is 17.1 Å². The van der Waals surface area contributed by atoms with Gasteiger partial charge in [-0.3, -0.25) is 14.6 Å². The van der Waals surface area contributed by atoms with Crippen molar-refractivity contribution in [3.05, 3.63) is 28.8 Å². The molecule has 0 radical (unpaired) electrons. The number of Topliss-reactive ketones (excluding diaryl/α,β-unsaturated/α-hetero) is 1. The van der Waals surface area contributed by atoms with Crippen LogP contribution < -0.4 is 0 Å². The molecule has 1 heterocycles. The van der Waals surface area contributed by atoms with Crippen LogP contribution in [0.5, 0.6) is 0 Å². The summed E-state index contributed by atoms with van der Waals surface area (Å²) in [5, 5.41) is 0. The highest BCUT2D eigenvalue weighted by molar-refractivity contribution is 5.88. The van der Waals surface area contributed by atoms with Crippen LogP contribution in [0.3, 0.4) is 0 Å². The van der Waals surface area contributed by atoms with Gasteiger partial charge in [-0.25, -0.2) is 0 Å². The lowest BCUT2D eigenvalue weighted by molar-refractivity contribution is -0.128. The van der Waals surface area contributed by atoms with Crippen molar-refractivity contribution in [2.75, 3.05) is 14.1 Å². The second-order valence-electron chi connectivity index (χ2n) is 12.4. The summed E-state index contributed by atoms with van der Waals surface area (Å²) in [5.41, 5.74) is 6.40. The van der Waals surface area contributed by atoms with Crippen LogP contribution in [0.4, 0.5) is 5.69 Å². The Bertz CT molecular complexity index is 919. The van der Waals surface area contributed by atoms with Crippen LogP contribution >= 0.6 is 0 Å². The van der Waals surface area contributed by atoms with Crippen molar-refractivity contribution in [1.82, 2.24) is 4.90 Å². The summed E-state index contributed by atoms with van der Waals surface area (Å²) in [6.45, 7) is 8.62. The van der Waals surface area contributed by atoms with Crippen molar-refractivity contribution in [1.29, 1.82) is 0 Å². The topological polar surface area (TPSA) is 49.7 Å². The first-order valence-corrected chi connectivity index (χ1v) is 14.0. The number of amides is 1. The Kier molecular flexibility index (Phi) is 9.72. The molecule has 4 heteroatoms. The molecule has 4 nitrogen and oxygen atoms in total. The smallest absolute Gasteiger partial charge is 0.226 e. The van der Waals surface area contributed by atoms with Crippen molar-refractivity contribution in [2.24, 2.45) is 22.2 Å². The molecule has 1 unspecified atom stereocenters. The maximum absolute atomic E-state index is 12.5. The molecule has 0 N–H and O–H groups in total. The largest absolute Gasteiger partial charge is 0.349 e. The zero-order valence-corrected chi connectivity index (χ0v) is 23.2. The second-order valence-corrected chi connectivity index (χ2v) is 12.4. The molecule has 194 valence electrons. The zero-order valence-electron chi connectivity index (χ0n) is 23.2. The Morgan fingerprint density at radius 3 is 2.40 bits per heavy atom. The molecule has 1 saturated carbocycles. The van der Waals surface area contributed by atoms with Gasteiger partial charge in [0.15, 0.2) is 0 Å². The normalized spacial score (nSPS) is 18.7. The molecule has 0 spiro atoms. The van der Waals surface area contributed by atoms with Gasteiger partial charge in [-0.2, -0.15) is 0 Å². The molecule has 1 aromatic carbocycles. The third-order valence-corrected chi connectivity index (χ3v) is 7.95. The fourth-order valence-electron chi connectivity index (χ4n) is 5.79. The van der Waals surface area contributed by atoms with Crippen LogP contribution in [-0.4, -0.2) is 36.4 Å². The number of hydrogen-bond acceptors (Lipinski definition) is 3. The number of hydrogen-bond donors (Lipinski definition) is 0. The third kappa shape index (κ3) is 8.02. The van der Waals surface area contributed by atoms with E-state index in [1.165, 1.54) is 48.1 Å². The summed E-state index contributed by atoms with van der Waals surface area (Å²) in [5.74, 6) is 2.11. The van der Waals surface area contributed by atoms with Crippen LogP contribution in [0.1, 0.15) is 109 Å². The predicted molar refractivity (Wildman–Crippen MR) is 147 cm³/mol. The molecular formula is C31H48N2O2. The Morgan fingerprint density at radius 2 is 1.80 bits per heavy atom. The van der Waals surface area contributed by atoms with Gasteiger partial charge in [0.1, 0.15) is 5.78 Å². The van der Waals surface area contributed by atoms with Gasteiger partial charge in [-0.05, 0) is 85.0 Å². The predicted octanol–water partition coefficient (Wildman–Crippen LogP) is 7.27. The first-order chi connectivity index (χ1) is 16.6. The minimum Gasteiger partial charge on any atom is -0.349 e. The van der Waals surface area contributed by atoms with Crippen LogP contribution in [0, 0.1) is 17.3 Å². The van der Waals surface area contributed by atoms with Crippen molar-refractivity contribution in [2.45, 2.75) is 111 Å². The number of benzene rings is 1. The van der Waals surface area contributed by atoms with Gasteiger partial charge in [-0.1, -0.05) is 53.0 Å². The van der Waals surface area contributed by atoms with Crippen molar-refractivity contribution in [3.8, 4) is 0 Å². The maximum Gasteiger partial charge on any atom is 0.226 e.